The van der Waals surface area contributed by atoms with Crippen molar-refractivity contribution >= 4 is 18.3 Å². The summed E-state index contributed by atoms with van der Waals surface area (Å²) < 4.78 is 0. The zero-order chi connectivity index (χ0) is 13.0. The van der Waals surface area contributed by atoms with Crippen LogP contribution in [0.5, 0.6) is 0 Å². The molecule has 1 amide bonds. The fourth-order valence-electron chi connectivity index (χ4n) is 2.43. The second-order valence-corrected chi connectivity index (χ2v) is 5.13. The van der Waals surface area contributed by atoms with Crippen LogP contribution in [0.4, 0.5) is 0 Å². The number of pyridine rings is 1. The Bertz CT molecular complexity index is 391. The minimum Gasteiger partial charge on any atom is -0.349 e. The molecule has 4 nitrogen and oxygen atoms in total. The molecule has 3 N–H and O–H groups in total. The summed E-state index contributed by atoms with van der Waals surface area (Å²) in [5.41, 5.74) is 6.89. The maximum Gasteiger partial charge on any atom is 0.223 e. The Kier molecular flexibility index (Phi) is 6.25. The van der Waals surface area contributed by atoms with E-state index in [1.807, 2.05) is 19.1 Å². The second kappa shape index (κ2) is 7.46. The van der Waals surface area contributed by atoms with Crippen molar-refractivity contribution in [3.8, 4) is 0 Å². The van der Waals surface area contributed by atoms with E-state index in [2.05, 4.69) is 10.3 Å². The molecule has 1 atom stereocenters. The molecular weight excluding hydrogens is 262 g/mol. The zero-order valence-electron chi connectivity index (χ0n) is 11.2. The standard InChI is InChI=1S/C14H21N3O.ClH/c1-10(12-3-2-8-16-9-12)17-14(18)11-4-6-13(15)7-5-11;/h2-3,8-11,13H,4-7,15H2,1H3,(H,17,18);1H/t10-,11?,13?;/m1./s1. The molecule has 1 heterocycles. The molecule has 1 aromatic heterocycles. The minimum atomic E-state index is 0. The fourth-order valence-corrected chi connectivity index (χ4v) is 2.43. The van der Waals surface area contributed by atoms with E-state index < -0.39 is 0 Å². The van der Waals surface area contributed by atoms with Crippen molar-refractivity contribution in [2.45, 2.75) is 44.7 Å². The number of nitrogens with one attached hydrogen (secondary N) is 1. The van der Waals surface area contributed by atoms with E-state index in [1.54, 1.807) is 12.4 Å². The Morgan fingerprint density at radius 1 is 1.42 bits per heavy atom. The molecule has 19 heavy (non-hydrogen) atoms. The average molecular weight is 284 g/mol. The number of rotatable bonds is 3. The van der Waals surface area contributed by atoms with Gasteiger partial charge in [0.1, 0.15) is 0 Å². The zero-order valence-corrected chi connectivity index (χ0v) is 12.0. The fraction of sp³-hybridized carbons (Fsp3) is 0.571. The highest BCUT2D eigenvalue weighted by Gasteiger charge is 2.25. The van der Waals surface area contributed by atoms with Gasteiger partial charge in [-0.05, 0) is 44.2 Å². The van der Waals surface area contributed by atoms with Crippen molar-refractivity contribution in [3.63, 3.8) is 0 Å². The maximum atomic E-state index is 12.1. The second-order valence-electron chi connectivity index (χ2n) is 5.13. The molecule has 0 spiro atoms. The van der Waals surface area contributed by atoms with Gasteiger partial charge in [-0.3, -0.25) is 9.78 Å². The normalized spacial score (nSPS) is 24.1. The average Bonchev–Trinajstić information content (AvgIpc) is 2.40. The summed E-state index contributed by atoms with van der Waals surface area (Å²) in [7, 11) is 0. The lowest BCUT2D eigenvalue weighted by Gasteiger charge is -2.26. The lowest BCUT2D eigenvalue weighted by molar-refractivity contribution is -0.126. The SMILES string of the molecule is C[C@@H](NC(=O)C1CCC(N)CC1)c1cccnc1.Cl. The Labute approximate surface area is 120 Å². The number of amides is 1. The molecule has 106 valence electrons. The lowest BCUT2D eigenvalue weighted by Crippen LogP contribution is -2.37. The Morgan fingerprint density at radius 2 is 2.11 bits per heavy atom. The Balaban J connectivity index is 0.00000180. The molecule has 0 aliphatic heterocycles. The van der Waals surface area contributed by atoms with Gasteiger partial charge in [-0.2, -0.15) is 0 Å². The molecular formula is C14H22ClN3O. The van der Waals surface area contributed by atoms with E-state index >= 15 is 0 Å². The van der Waals surface area contributed by atoms with Crippen molar-refractivity contribution in [1.82, 2.24) is 10.3 Å². The molecule has 1 saturated carbocycles. The number of carbonyl (C=O) groups is 1. The third kappa shape index (κ3) is 4.48. The van der Waals surface area contributed by atoms with Gasteiger partial charge in [0.2, 0.25) is 5.91 Å². The summed E-state index contributed by atoms with van der Waals surface area (Å²) in [6.07, 6.45) is 7.26. The van der Waals surface area contributed by atoms with Crippen LogP contribution in [0.3, 0.4) is 0 Å². The Hall–Kier alpha value is -1.13. The van der Waals surface area contributed by atoms with E-state index in [-0.39, 0.29) is 36.3 Å². The summed E-state index contributed by atoms with van der Waals surface area (Å²) >= 11 is 0. The van der Waals surface area contributed by atoms with Gasteiger partial charge in [0, 0.05) is 24.4 Å². The first-order valence-corrected chi connectivity index (χ1v) is 6.62. The first kappa shape index (κ1) is 15.9. The smallest absolute Gasteiger partial charge is 0.223 e. The first-order chi connectivity index (χ1) is 8.66. The highest BCUT2D eigenvalue weighted by atomic mass is 35.5. The van der Waals surface area contributed by atoms with Gasteiger partial charge in [0.05, 0.1) is 6.04 Å². The van der Waals surface area contributed by atoms with E-state index in [0.29, 0.717) is 0 Å². The number of nitrogens with zero attached hydrogens (tertiary/aromatic N) is 1. The van der Waals surface area contributed by atoms with Crippen molar-refractivity contribution < 1.29 is 4.79 Å². The van der Waals surface area contributed by atoms with Gasteiger partial charge < -0.3 is 11.1 Å². The summed E-state index contributed by atoms with van der Waals surface area (Å²) in [6, 6.07) is 4.17. The number of hydrogen-bond donors (Lipinski definition) is 2. The monoisotopic (exact) mass is 283 g/mol. The van der Waals surface area contributed by atoms with E-state index in [1.165, 1.54) is 0 Å². The van der Waals surface area contributed by atoms with Crippen molar-refractivity contribution in [3.05, 3.63) is 30.1 Å². The minimum absolute atomic E-state index is 0. The first-order valence-electron chi connectivity index (χ1n) is 6.62. The largest absolute Gasteiger partial charge is 0.349 e. The van der Waals surface area contributed by atoms with Crippen LogP contribution < -0.4 is 11.1 Å². The van der Waals surface area contributed by atoms with Gasteiger partial charge in [-0.1, -0.05) is 6.07 Å². The van der Waals surface area contributed by atoms with E-state index in [0.717, 1.165) is 31.2 Å². The molecule has 1 fully saturated rings. The number of nitrogens with two attached hydrogens (primary N) is 1. The van der Waals surface area contributed by atoms with Crippen LogP contribution >= 0.6 is 12.4 Å². The summed E-state index contributed by atoms with van der Waals surface area (Å²) in [5, 5.41) is 3.06. The van der Waals surface area contributed by atoms with Gasteiger partial charge in [0.15, 0.2) is 0 Å². The van der Waals surface area contributed by atoms with Crippen LogP contribution in [0.15, 0.2) is 24.5 Å². The van der Waals surface area contributed by atoms with E-state index in [9.17, 15) is 4.79 Å². The van der Waals surface area contributed by atoms with E-state index in [4.69, 9.17) is 5.73 Å². The highest BCUT2D eigenvalue weighted by molar-refractivity contribution is 5.85. The quantitative estimate of drug-likeness (QED) is 0.893. The van der Waals surface area contributed by atoms with Crippen LogP contribution in [-0.4, -0.2) is 16.9 Å². The third-order valence-electron chi connectivity index (χ3n) is 3.69. The highest BCUT2D eigenvalue weighted by Crippen LogP contribution is 2.24. The number of aromatic nitrogens is 1. The van der Waals surface area contributed by atoms with Gasteiger partial charge in [-0.25, -0.2) is 0 Å². The van der Waals surface area contributed by atoms with Crippen LogP contribution in [0, 0.1) is 5.92 Å². The number of halogens is 1. The Morgan fingerprint density at radius 3 is 2.68 bits per heavy atom. The maximum absolute atomic E-state index is 12.1. The summed E-state index contributed by atoms with van der Waals surface area (Å²) in [6.45, 7) is 1.99. The molecule has 0 bridgehead atoms. The predicted molar refractivity (Wildman–Crippen MR) is 78.0 cm³/mol. The van der Waals surface area contributed by atoms with Crippen LogP contribution in [0.2, 0.25) is 0 Å². The van der Waals surface area contributed by atoms with Gasteiger partial charge in [-0.15, -0.1) is 12.4 Å². The molecule has 0 aromatic carbocycles. The van der Waals surface area contributed by atoms with Crippen molar-refractivity contribution in [2.75, 3.05) is 0 Å². The number of hydrogen-bond acceptors (Lipinski definition) is 3. The van der Waals surface area contributed by atoms with Gasteiger partial charge >= 0.3 is 0 Å². The molecule has 0 radical (unpaired) electrons. The van der Waals surface area contributed by atoms with Crippen molar-refractivity contribution in [2.24, 2.45) is 11.7 Å². The predicted octanol–water partition coefficient (Wildman–Crippen LogP) is 2.20. The molecule has 2 rings (SSSR count). The third-order valence-corrected chi connectivity index (χ3v) is 3.69. The molecule has 0 saturated heterocycles. The van der Waals surface area contributed by atoms with Crippen molar-refractivity contribution in [1.29, 1.82) is 0 Å². The molecule has 1 aromatic rings. The summed E-state index contributed by atoms with van der Waals surface area (Å²) in [5.74, 6) is 0.280. The molecule has 1 aliphatic carbocycles. The number of carbonyl (C=O) groups excluding carboxylic acids is 1. The van der Waals surface area contributed by atoms with Crippen LogP contribution in [0.25, 0.3) is 0 Å². The topological polar surface area (TPSA) is 68.0 Å². The molecule has 5 heteroatoms. The molecule has 1 aliphatic rings. The van der Waals surface area contributed by atoms with Gasteiger partial charge in [0.25, 0.3) is 0 Å². The van der Waals surface area contributed by atoms with Crippen LogP contribution in [-0.2, 0) is 4.79 Å². The summed E-state index contributed by atoms with van der Waals surface area (Å²) in [4.78, 5) is 16.2. The molecule has 0 unspecified atom stereocenters. The lowest BCUT2D eigenvalue weighted by atomic mass is 9.86. The van der Waals surface area contributed by atoms with Crippen LogP contribution in [0.1, 0.15) is 44.2 Å².